The summed E-state index contributed by atoms with van der Waals surface area (Å²) < 4.78 is 15.1. The molecule has 2 aromatic heterocycles. The van der Waals surface area contributed by atoms with Crippen LogP contribution >= 0.6 is 11.6 Å². The zero-order chi connectivity index (χ0) is 19.0. The third-order valence-electron chi connectivity index (χ3n) is 4.82. The molecule has 0 unspecified atom stereocenters. The van der Waals surface area contributed by atoms with E-state index in [9.17, 15) is 9.50 Å². The van der Waals surface area contributed by atoms with Crippen LogP contribution < -0.4 is 11.1 Å². The summed E-state index contributed by atoms with van der Waals surface area (Å²) in [5.41, 5.74) is 8.50. The van der Waals surface area contributed by atoms with Gasteiger partial charge in [-0.05, 0) is 36.2 Å². The lowest BCUT2D eigenvalue weighted by Crippen LogP contribution is -2.50. The number of aromatic nitrogens is 3. The average Bonchev–Trinajstić information content (AvgIpc) is 3.05. The number of rotatable bonds is 4. The summed E-state index contributed by atoms with van der Waals surface area (Å²) in [7, 11) is 0. The first kappa shape index (κ1) is 18.1. The summed E-state index contributed by atoms with van der Waals surface area (Å²) >= 11 is 5.87. The highest BCUT2D eigenvalue weighted by Gasteiger charge is 2.25. The Morgan fingerprint density at radius 2 is 2.22 bits per heavy atom. The van der Waals surface area contributed by atoms with Gasteiger partial charge in [-0.15, -0.1) is 0 Å². The number of benzene rings is 1. The second-order valence-electron chi connectivity index (χ2n) is 6.75. The van der Waals surface area contributed by atoms with Gasteiger partial charge in [0.1, 0.15) is 17.7 Å². The lowest BCUT2D eigenvalue weighted by molar-refractivity contribution is 0.0595. The number of aliphatic hydroxyl groups excluding tert-OH is 1. The number of piperidine rings is 1. The van der Waals surface area contributed by atoms with Gasteiger partial charge in [0.15, 0.2) is 5.82 Å². The number of likely N-dealkylation sites (tertiary alicyclic amines) is 1. The molecule has 7 nitrogen and oxygen atoms in total. The van der Waals surface area contributed by atoms with Gasteiger partial charge in [0.05, 0.1) is 11.1 Å². The molecule has 1 fully saturated rings. The Labute approximate surface area is 160 Å². The van der Waals surface area contributed by atoms with E-state index in [1.165, 1.54) is 18.5 Å². The van der Waals surface area contributed by atoms with E-state index in [-0.39, 0.29) is 11.1 Å². The molecule has 0 spiro atoms. The smallest absolute Gasteiger partial charge is 0.158 e. The van der Waals surface area contributed by atoms with Crippen molar-refractivity contribution in [1.82, 2.24) is 19.5 Å². The number of aliphatic hydroxyl groups is 1. The van der Waals surface area contributed by atoms with Crippen LogP contribution in [0.4, 0.5) is 15.9 Å². The summed E-state index contributed by atoms with van der Waals surface area (Å²) in [5, 5.41) is 17.3. The Morgan fingerprint density at radius 3 is 3.00 bits per heavy atom. The van der Waals surface area contributed by atoms with Crippen molar-refractivity contribution in [2.24, 2.45) is 5.73 Å². The summed E-state index contributed by atoms with van der Waals surface area (Å²) in [6.07, 6.45) is 3.53. The Hall–Kier alpha value is -2.26. The lowest BCUT2D eigenvalue weighted by atomic mass is 10.0. The summed E-state index contributed by atoms with van der Waals surface area (Å²) in [6, 6.07) is 6.17. The Balaban J connectivity index is 1.62. The van der Waals surface area contributed by atoms with E-state index < -0.39 is 11.9 Å². The van der Waals surface area contributed by atoms with E-state index in [2.05, 4.69) is 20.3 Å². The molecule has 3 aromatic rings. The van der Waals surface area contributed by atoms with Crippen molar-refractivity contribution in [1.29, 1.82) is 0 Å². The molecule has 1 aliphatic heterocycles. The van der Waals surface area contributed by atoms with E-state index in [4.69, 9.17) is 17.3 Å². The molecule has 142 valence electrons. The number of anilines is 2. The van der Waals surface area contributed by atoms with Crippen molar-refractivity contribution in [2.45, 2.75) is 25.1 Å². The molecule has 2 atom stereocenters. The van der Waals surface area contributed by atoms with Gasteiger partial charge in [0.2, 0.25) is 0 Å². The minimum Gasteiger partial charge on any atom is -0.391 e. The zero-order valence-electron chi connectivity index (χ0n) is 14.5. The Morgan fingerprint density at radius 1 is 1.37 bits per heavy atom. The predicted molar refractivity (Wildman–Crippen MR) is 102 cm³/mol. The maximum atomic E-state index is 13.4. The van der Waals surface area contributed by atoms with E-state index in [1.54, 1.807) is 10.6 Å². The van der Waals surface area contributed by atoms with Gasteiger partial charge in [-0.3, -0.25) is 4.90 Å². The molecular weight excluding hydrogens is 371 g/mol. The topological polar surface area (TPSA) is 91.7 Å². The molecular formula is C18H20ClFN6O. The standard InChI is InChI=1S/C18H20ClFN6O/c19-13-7-12(1-2-14(13)20)24-18-17-11(3-6-26(17)23-10-22-18)8-25-5-4-16(27)15(21)9-25/h1-3,6-7,10,15-16,27H,4-5,8-9,21H2,(H,22,23,24)/t15-,16-/m1/s1. The normalized spacial score (nSPS) is 20.9. The SMILES string of the molecule is N[C@@H]1CN(Cc2ccn3ncnc(Nc4ccc(F)c(Cl)c4)c23)CC[C@H]1O. The van der Waals surface area contributed by atoms with Gasteiger partial charge in [-0.2, -0.15) is 5.10 Å². The highest BCUT2D eigenvalue weighted by Crippen LogP contribution is 2.27. The molecule has 1 aromatic carbocycles. The van der Waals surface area contributed by atoms with Gasteiger partial charge >= 0.3 is 0 Å². The van der Waals surface area contributed by atoms with Gasteiger partial charge in [0, 0.05) is 37.6 Å². The van der Waals surface area contributed by atoms with Crippen molar-refractivity contribution in [3.05, 3.63) is 53.2 Å². The van der Waals surface area contributed by atoms with Gasteiger partial charge in [0.25, 0.3) is 0 Å². The number of fused-ring (bicyclic) bond motifs is 1. The van der Waals surface area contributed by atoms with Crippen LogP contribution in [0.15, 0.2) is 36.8 Å². The highest BCUT2D eigenvalue weighted by atomic mass is 35.5. The van der Waals surface area contributed by atoms with Crippen LogP contribution in [0.1, 0.15) is 12.0 Å². The zero-order valence-corrected chi connectivity index (χ0v) is 15.3. The fraction of sp³-hybridized carbons (Fsp3) is 0.333. The van der Waals surface area contributed by atoms with E-state index in [0.29, 0.717) is 31.0 Å². The Bertz CT molecular complexity index is 964. The average molecular weight is 391 g/mol. The van der Waals surface area contributed by atoms with Gasteiger partial charge < -0.3 is 16.2 Å². The number of halogens is 2. The van der Waals surface area contributed by atoms with Gasteiger partial charge in [-0.25, -0.2) is 13.9 Å². The lowest BCUT2D eigenvalue weighted by Gasteiger charge is -2.34. The quantitative estimate of drug-likeness (QED) is 0.632. The molecule has 0 radical (unpaired) electrons. The van der Waals surface area contributed by atoms with Crippen molar-refractivity contribution in [3.63, 3.8) is 0 Å². The first-order valence-corrected chi connectivity index (χ1v) is 9.08. The minimum atomic E-state index is -0.470. The van der Waals surface area contributed by atoms with Crippen LogP contribution in [0.25, 0.3) is 5.52 Å². The molecule has 1 saturated heterocycles. The summed E-state index contributed by atoms with van der Waals surface area (Å²) in [6.45, 7) is 2.07. The first-order valence-electron chi connectivity index (χ1n) is 8.70. The molecule has 4 rings (SSSR count). The molecule has 1 aliphatic rings. The molecule has 0 saturated carbocycles. The molecule has 9 heteroatoms. The van der Waals surface area contributed by atoms with Crippen molar-refractivity contribution >= 4 is 28.6 Å². The molecule has 0 aliphatic carbocycles. The van der Waals surface area contributed by atoms with Crippen molar-refractivity contribution in [3.8, 4) is 0 Å². The monoisotopic (exact) mass is 390 g/mol. The molecule has 0 bridgehead atoms. The second-order valence-corrected chi connectivity index (χ2v) is 7.16. The van der Waals surface area contributed by atoms with Crippen LogP contribution in [-0.4, -0.2) is 49.8 Å². The molecule has 4 N–H and O–H groups in total. The van der Waals surface area contributed by atoms with Gasteiger partial charge in [-0.1, -0.05) is 11.6 Å². The molecule has 0 amide bonds. The first-order chi connectivity index (χ1) is 13.0. The van der Waals surface area contributed by atoms with E-state index in [0.717, 1.165) is 17.6 Å². The number of hydrogen-bond acceptors (Lipinski definition) is 6. The molecule has 3 heterocycles. The van der Waals surface area contributed by atoms with Crippen LogP contribution in [0.5, 0.6) is 0 Å². The van der Waals surface area contributed by atoms with Crippen LogP contribution in [0, 0.1) is 5.82 Å². The largest absolute Gasteiger partial charge is 0.391 e. The fourth-order valence-corrected chi connectivity index (χ4v) is 3.55. The maximum absolute atomic E-state index is 13.4. The van der Waals surface area contributed by atoms with Crippen molar-refractivity contribution in [2.75, 3.05) is 18.4 Å². The van der Waals surface area contributed by atoms with Crippen LogP contribution in [-0.2, 0) is 6.54 Å². The molecule has 27 heavy (non-hydrogen) atoms. The van der Waals surface area contributed by atoms with Crippen LogP contribution in [0.3, 0.4) is 0 Å². The fourth-order valence-electron chi connectivity index (χ4n) is 3.37. The number of nitrogens with one attached hydrogen (secondary N) is 1. The second kappa shape index (κ2) is 7.40. The summed E-state index contributed by atoms with van der Waals surface area (Å²) in [5.74, 6) is 0.135. The number of nitrogens with zero attached hydrogens (tertiary/aromatic N) is 4. The van der Waals surface area contributed by atoms with Crippen LogP contribution in [0.2, 0.25) is 5.02 Å². The van der Waals surface area contributed by atoms with Crippen molar-refractivity contribution < 1.29 is 9.50 Å². The van der Waals surface area contributed by atoms with E-state index in [1.807, 2.05) is 12.3 Å². The summed E-state index contributed by atoms with van der Waals surface area (Å²) in [4.78, 5) is 6.55. The minimum absolute atomic E-state index is 0.0431. The third-order valence-corrected chi connectivity index (χ3v) is 5.11. The highest BCUT2D eigenvalue weighted by molar-refractivity contribution is 6.31. The number of hydrogen-bond donors (Lipinski definition) is 3. The predicted octanol–water partition coefficient (Wildman–Crippen LogP) is 2.16. The van der Waals surface area contributed by atoms with E-state index >= 15 is 0 Å². The third kappa shape index (κ3) is 3.74. The Kier molecular flexibility index (Phi) is 4.96. The maximum Gasteiger partial charge on any atom is 0.158 e. The number of nitrogens with two attached hydrogens (primary N) is 1.